The van der Waals surface area contributed by atoms with Crippen molar-refractivity contribution in [2.24, 2.45) is 10.9 Å². The summed E-state index contributed by atoms with van der Waals surface area (Å²) in [6.07, 6.45) is -4.70. The minimum absolute atomic E-state index is 0.0437. The second kappa shape index (κ2) is 5.11. The summed E-state index contributed by atoms with van der Waals surface area (Å²) in [5.74, 6) is 0.419. The molecule has 1 heterocycles. The van der Waals surface area contributed by atoms with Gasteiger partial charge in [-0.3, -0.25) is 0 Å². The Labute approximate surface area is 109 Å². The molecule has 1 aliphatic rings. The Morgan fingerprint density at radius 2 is 2.11 bits per heavy atom. The van der Waals surface area contributed by atoms with E-state index in [9.17, 15) is 13.2 Å². The maximum atomic E-state index is 12.1. The molecular formula is C13H14F3NO2. The molecule has 0 bridgehead atoms. The van der Waals surface area contributed by atoms with Crippen LogP contribution in [0.5, 0.6) is 5.75 Å². The number of hydrogen-bond acceptors (Lipinski definition) is 3. The molecular weight excluding hydrogens is 259 g/mol. The Hall–Kier alpha value is -1.72. The fourth-order valence-electron chi connectivity index (χ4n) is 1.72. The van der Waals surface area contributed by atoms with Crippen LogP contribution >= 0.6 is 0 Å². The van der Waals surface area contributed by atoms with Gasteiger partial charge < -0.3 is 9.47 Å². The number of rotatable bonds is 3. The molecule has 0 unspecified atom stereocenters. The highest BCUT2D eigenvalue weighted by molar-refractivity contribution is 5.95. The molecule has 0 N–H and O–H groups in total. The molecule has 19 heavy (non-hydrogen) atoms. The Bertz CT molecular complexity index is 483. The normalized spacial score (nSPS) is 19.3. The number of nitrogens with zero attached hydrogens (tertiary/aromatic N) is 1. The number of ether oxygens (including phenoxy) is 2. The molecule has 1 atom stereocenters. The van der Waals surface area contributed by atoms with Crippen LogP contribution in [0.1, 0.15) is 19.4 Å². The highest BCUT2D eigenvalue weighted by Crippen LogP contribution is 2.25. The number of aliphatic imine (C=N–C) groups is 1. The first kappa shape index (κ1) is 13.7. The summed E-state index contributed by atoms with van der Waals surface area (Å²) in [6.45, 7) is 4.49. The van der Waals surface area contributed by atoms with Crippen LogP contribution in [0.25, 0.3) is 0 Å². The first-order valence-electron chi connectivity index (χ1n) is 5.92. The van der Waals surface area contributed by atoms with E-state index in [0.717, 1.165) is 0 Å². The van der Waals surface area contributed by atoms with Gasteiger partial charge in [-0.1, -0.05) is 19.9 Å². The third-order valence-electron chi connectivity index (χ3n) is 2.76. The van der Waals surface area contributed by atoms with Crippen molar-refractivity contribution < 1.29 is 22.6 Å². The van der Waals surface area contributed by atoms with Crippen molar-refractivity contribution in [1.29, 1.82) is 0 Å². The van der Waals surface area contributed by atoms with Gasteiger partial charge in [-0.2, -0.15) is 0 Å². The molecule has 0 radical (unpaired) electrons. The van der Waals surface area contributed by atoms with Gasteiger partial charge in [-0.25, -0.2) is 4.99 Å². The molecule has 0 amide bonds. The van der Waals surface area contributed by atoms with Crippen molar-refractivity contribution in [1.82, 2.24) is 0 Å². The van der Waals surface area contributed by atoms with Crippen LogP contribution in [0.2, 0.25) is 0 Å². The second-order valence-corrected chi connectivity index (χ2v) is 4.63. The quantitative estimate of drug-likeness (QED) is 0.845. The predicted octanol–water partition coefficient (Wildman–Crippen LogP) is 3.39. The van der Waals surface area contributed by atoms with E-state index in [2.05, 4.69) is 9.73 Å². The van der Waals surface area contributed by atoms with Gasteiger partial charge in [-0.05, 0) is 24.1 Å². The van der Waals surface area contributed by atoms with Crippen LogP contribution in [0.4, 0.5) is 13.2 Å². The monoisotopic (exact) mass is 273 g/mol. The van der Waals surface area contributed by atoms with Gasteiger partial charge in [0, 0.05) is 5.56 Å². The van der Waals surface area contributed by atoms with Crippen LogP contribution in [-0.4, -0.2) is 24.9 Å². The molecule has 2 rings (SSSR count). The van der Waals surface area contributed by atoms with Gasteiger partial charge in [0.25, 0.3) is 0 Å². The van der Waals surface area contributed by atoms with E-state index in [1.54, 1.807) is 6.07 Å². The van der Waals surface area contributed by atoms with Crippen molar-refractivity contribution in [2.45, 2.75) is 26.3 Å². The van der Waals surface area contributed by atoms with Crippen LogP contribution in [0.15, 0.2) is 29.3 Å². The van der Waals surface area contributed by atoms with Gasteiger partial charge in [0.05, 0.1) is 6.04 Å². The third kappa shape index (κ3) is 3.62. The minimum atomic E-state index is -4.70. The summed E-state index contributed by atoms with van der Waals surface area (Å²) in [7, 11) is 0. The minimum Gasteiger partial charge on any atom is -0.475 e. The zero-order chi connectivity index (χ0) is 14.0. The van der Waals surface area contributed by atoms with Crippen LogP contribution in [-0.2, 0) is 4.74 Å². The van der Waals surface area contributed by atoms with Crippen molar-refractivity contribution in [3.8, 4) is 5.75 Å². The van der Waals surface area contributed by atoms with Crippen molar-refractivity contribution in [2.75, 3.05) is 6.61 Å². The van der Waals surface area contributed by atoms with E-state index in [4.69, 9.17) is 4.74 Å². The SMILES string of the molecule is CC(C)[C@H]1COC(c2cccc(OC(F)(F)F)c2)=N1. The molecule has 3 nitrogen and oxygen atoms in total. The second-order valence-electron chi connectivity index (χ2n) is 4.63. The molecule has 0 saturated carbocycles. The molecule has 1 aromatic rings. The largest absolute Gasteiger partial charge is 0.573 e. The molecule has 0 fully saturated rings. The Kier molecular flexibility index (Phi) is 3.68. The first-order chi connectivity index (χ1) is 8.85. The summed E-state index contributed by atoms with van der Waals surface area (Å²) in [5, 5.41) is 0. The number of benzene rings is 1. The number of alkyl halides is 3. The highest BCUT2D eigenvalue weighted by Gasteiger charge is 2.31. The molecule has 104 valence electrons. The molecule has 0 saturated heterocycles. The predicted molar refractivity (Wildman–Crippen MR) is 64.2 cm³/mol. The Balaban J connectivity index is 2.18. The summed E-state index contributed by atoms with van der Waals surface area (Å²) >= 11 is 0. The van der Waals surface area contributed by atoms with Crippen molar-refractivity contribution >= 4 is 5.90 Å². The van der Waals surface area contributed by atoms with E-state index < -0.39 is 6.36 Å². The summed E-state index contributed by atoms with van der Waals surface area (Å²) in [6, 6.07) is 5.68. The van der Waals surface area contributed by atoms with Gasteiger partial charge in [-0.15, -0.1) is 13.2 Å². The zero-order valence-corrected chi connectivity index (χ0v) is 10.6. The van der Waals surface area contributed by atoms with Crippen molar-refractivity contribution in [3.63, 3.8) is 0 Å². The highest BCUT2D eigenvalue weighted by atomic mass is 19.4. The molecule has 0 spiro atoms. The third-order valence-corrected chi connectivity index (χ3v) is 2.76. The lowest BCUT2D eigenvalue weighted by atomic mass is 10.1. The topological polar surface area (TPSA) is 30.8 Å². The smallest absolute Gasteiger partial charge is 0.475 e. The summed E-state index contributed by atoms with van der Waals surface area (Å²) in [4.78, 5) is 4.35. The Morgan fingerprint density at radius 1 is 1.37 bits per heavy atom. The molecule has 1 aliphatic heterocycles. The average molecular weight is 273 g/mol. The van der Waals surface area contributed by atoms with E-state index in [-0.39, 0.29) is 11.8 Å². The Morgan fingerprint density at radius 3 is 2.68 bits per heavy atom. The first-order valence-corrected chi connectivity index (χ1v) is 5.92. The standard InChI is InChI=1S/C13H14F3NO2/c1-8(2)11-7-18-12(17-11)9-4-3-5-10(6-9)19-13(14,15)16/h3-6,8,11H,7H2,1-2H3/t11-/m1/s1. The lowest BCUT2D eigenvalue weighted by Gasteiger charge is -2.09. The molecule has 6 heteroatoms. The van der Waals surface area contributed by atoms with Gasteiger partial charge in [0.15, 0.2) is 0 Å². The maximum absolute atomic E-state index is 12.1. The zero-order valence-electron chi connectivity index (χ0n) is 10.6. The fraction of sp³-hybridized carbons (Fsp3) is 0.462. The fourth-order valence-corrected chi connectivity index (χ4v) is 1.72. The lowest BCUT2D eigenvalue weighted by molar-refractivity contribution is -0.274. The van der Waals surface area contributed by atoms with Gasteiger partial charge in [0.1, 0.15) is 12.4 Å². The van der Waals surface area contributed by atoms with Crippen LogP contribution in [0.3, 0.4) is 0 Å². The number of halogens is 3. The van der Waals surface area contributed by atoms with Crippen molar-refractivity contribution in [3.05, 3.63) is 29.8 Å². The summed E-state index contributed by atoms with van der Waals surface area (Å²) in [5.41, 5.74) is 0.491. The maximum Gasteiger partial charge on any atom is 0.573 e. The van der Waals surface area contributed by atoms with E-state index in [0.29, 0.717) is 24.0 Å². The lowest BCUT2D eigenvalue weighted by Crippen LogP contribution is -2.17. The van der Waals surface area contributed by atoms with E-state index in [1.165, 1.54) is 18.2 Å². The summed E-state index contributed by atoms with van der Waals surface area (Å²) < 4.78 is 45.7. The molecule has 0 aromatic heterocycles. The molecule has 1 aromatic carbocycles. The van der Waals surface area contributed by atoms with E-state index in [1.807, 2.05) is 13.8 Å². The van der Waals surface area contributed by atoms with Crippen LogP contribution in [0, 0.1) is 5.92 Å². The van der Waals surface area contributed by atoms with Gasteiger partial charge >= 0.3 is 6.36 Å². The van der Waals surface area contributed by atoms with Gasteiger partial charge in [0.2, 0.25) is 5.90 Å². The van der Waals surface area contributed by atoms with E-state index >= 15 is 0 Å². The molecule has 0 aliphatic carbocycles. The van der Waals surface area contributed by atoms with Crippen LogP contribution < -0.4 is 4.74 Å². The average Bonchev–Trinajstić information content (AvgIpc) is 2.76. The number of hydrogen-bond donors (Lipinski definition) is 0.